The Hall–Kier alpha value is -1.58. The highest BCUT2D eigenvalue weighted by molar-refractivity contribution is 5.89. The van der Waals surface area contributed by atoms with Gasteiger partial charge in [0.15, 0.2) is 0 Å². The second-order valence-corrected chi connectivity index (χ2v) is 4.12. The number of aryl methyl sites for hydroxylation is 1. The predicted molar refractivity (Wildman–Crippen MR) is 62.0 cm³/mol. The molecular formula is C12H16N2O2. The van der Waals surface area contributed by atoms with Gasteiger partial charge in [0.25, 0.3) is 0 Å². The van der Waals surface area contributed by atoms with Gasteiger partial charge in [0, 0.05) is 12.6 Å². The van der Waals surface area contributed by atoms with Gasteiger partial charge >= 0.3 is 5.97 Å². The van der Waals surface area contributed by atoms with Gasteiger partial charge in [0.2, 0.25) is 0 Å². The minimum absolute atomic E-state index is 0.288. The van der Waals surface area contributed by atoms with Gasteiger partial charge in [-0.1, -0.05) is 0 Å². The van der Waals surface area contributed by atoms with Crippen molar-refractivity contribution >= 4 is 11.8 Å². The molecule has 0 bridgehead atoms. The summed E-state index contributed by atoms with van der Waals surface area (Å²) in [7, 11) is 0. The number of carbonyl (C=O) groups is 1. The van der Waals surface area contributed by atoms with E-state index in [1.165, 1.54) is 12.8 Å². The predicted octanol–water partition coefficient (Wildman–Crippen LogP) is 2.08. The van der Waals surface area contributed by atoms with E-state index in [-0.39, 0.29) is 5.56 Å². The summed E-state index contributed by atoms with van der Waals surface area (Å²) in [6.07, 6.45) is 2.44. The number of carboxylic acids is 1. The van der Waals surface area contributed by atoms with Crippen molar-refractivity contribution in [2.45, 2.75) is 32.7 Å². The smallest absolute Gasteiger partial charge is 0.337 e. The van der Waals surface area contributed by atoms with Crippen LogP contribution in [0.5, 0.6) is 0 Å². The highest BCUT2D eigenvalue weighted by atomic mass is 16.4. The molecule has 0 spiro atoms. The Morgan fingerprint density at radius 1 is 1.56 bits per heavy atom. The van der Waals surface area contributed by atoms with E-state index in [0.29, 0.717) is 11.7 Å². The van der Waals surface area contributed by atoms with E-state index in [4.69, 9.17) is 5.11 Å². The standard InChI is InChI=1S/C12H16N2O2/c1-3-14(9-4-5-9)11-7-6-10(12(15)16)8(2)13-11/h6-7,9H,3-5H2,1-2H3,(H,15,16). The summed E-state index contributed by atoms with van der Waals surface area (Å²) >= 11 is 0. The molecule has 16 heavy (non-hydrogen) atoms. The lowest BCUT2D eigenvalue weighted by Crippen LogP contribution is -2.26. The zero-order valence-electron chi connectivity index (χ0n) is 9.60. The van der Waals surface area contributed by atoms with Crippen LogP contribution in [0.1, 0.15) is 35.8 Å². The summed E-state index contributed by atoms with van der Waals surface area (Å²) < 4.78 is 0. The molecule has 0 unspecified atom stereocenters. The number of aromatic carboxylic acids is 1. The maximum Gasteiger partial charge on any atom is 0.337 e. The van der Waals surface area contributed by atoms with Crippen LogP contribution in [0, 0.1) is 6.92 Å². The van der Waals surface area contributed by atoms with E-state index in [9.17, 15) is 4.79 Å². The Labute approximate surface area is 94.9 Å². The van der Waals surface area contributed by atoms with Gasteiger partial charge in [0.05, 0.1) is 11.3 Å². The number of hydrogen-bond donors (Lipinski definition) is 1. The van der Waals surface area contributed by atoms with Crippen molar-refractivity contribution in [3.05, 3.63) is 23.4 Å². The van der Waals surface area contributed by atoms with Crippen molar-refractivity contribution < 1.29 is 9.90 Å². The van der Waals surface area contributed by atoms with Crippen molar-refractivity contribution in [2.24, 2.45) is 0 Å². The number of pyridine rings is 1. The number of aromatic nitrogens is 1. The molecule has 0 atom stereocenters. The molecule has 4 nitrogen and oxygen atoms in total. The topological polar surface area (TPSA) is 53.4 Å². The van der Waals surface area contributed by atoms with Gasteiger partial charge in [-0.3, -0.25) is 0 Å². The van der Waals surface area contributed by atoms with Crippen LogP contribution in [-0.2, 0) is 0 Å². The first-order chi connectivity index (χ1) is 7.63. The zero-order valence-corrected chi connectivity index (χ0v) is 9.60. The maximum atomic E-state index is 10.9. The molecule has 0 saturated heterocycles. The summed E-state index contributed by atoms with van der Waals surface area (Å²) in [6.45, 7) is 4.76. The van der Waals surface area contributed by atoms with Crippen LogP contribution in [0.15, 0.2) is 12.1 Å². The fourth-order valence-electron chi connectivity index (χ4n) is 1.93. The van der Waals surface area contributed by atoms with E-state index < -0.39 is 5.97 Å². The average molecular weight is 220 g/mol. The lowest BCUT2D eigenvalue weighted by molar-refractivity contribution is 0.0695. The van der Waals surface area contributed by atoms with E-state index in [1.807, 2.05) is 0 Å². The van der Waals surface area contributed by atoms with Gasteiger partial charge in [-0.15, -0.1) is 0 Å². The molecule has 2 rings (SSSR count). The monoisotopic (exact) mass is 220 g/mol. The highest BCUT2D eigenvalue weighted by Gasteiger charge is 2.29. The van der Waals surface area contributed by atoms with Crippen molar-refractivity contribution in [1.29, 1.82) is 0 Å². The molecule has 0 radical (unpaired) electrons. The summed E-state index contributed by atoms with van der Waals surface area (Å²) in [5.41, 5.74) is 0.875. The summed E-state index contributed by atoms with van der Waals surface area (Å²) in [6, 6.07) is 4.05. The molecule has 1 aliphatic rings. The molecule has 1 N–H and O–H groups in total. The summed E-state index contributed by atoms with van der Waals surface area (Å²) in [5.74, 6) is -0.0153. The van der Waals surface area contributed by atoms with Crippen LogP contribution in [-0.4, -0.2) is 28.6 Å². The third kappa shape index (κ3) is 2.01. The third-order valence-corrected chi connectivity index (χ3v) is 2.92. The molecule has 1 saturated carbocycles. The molecule has 0 aliphatic heterocycles. The molecule has 1 aliphatic carbocycles. The van der Waals surface area contributed by atoms with E-state index >= 15 is 0 Å². The van der Waals surface area contributed by atoms with Gasteiger partial charge < -0.3 is 10.0 Å². The quantitative estimate of drug-likeness (QED) is 0.844. The minimum atomic E-state index is -0.911. The lowest BCUT2D eigenvalue weighted by Gasteiger charge is -2.22. The van der Waals surface area contributed by atoms with Crippen molar-refractivity contribution in [2.75, 3.05) is 11.4 Å². The van der Waals surface area contributed by atoms with E-state index in [1.54, 1.807) is 19.1 Å². The van der Waals surface area contributed by atoms with Crippen LogP contribution < -0.4 is 4.90 Å². The van der Waals surface area contributed by atoms with Crippen molar-refractivity contribution in [3.63, 3.8) is 0 Å². The second-order valence-electron chi connectivity index (χ2n) is 4.12. The Morgan fingerprint density at radius 2 is 2.25 bits per heavy atom. The van der Waals surface area contributed by atoms with Gasteiger partial charge in [-0.05, 0) is 38.8 Å². The Kier molecular flexibility index (Phi) is 2.81. The van der Waals surface area contributed by atoms with E-state index in [0.717, 1.165) is 12.4 Å². The van der Waals surface area contributed by atoms with Crippen LogP contribution in [0.25, 0.3) is 0 Å². The highest BCUT2D eigenvalue weighted by Crippen LogP contribution is 2.30. The number of carboxylic acid groups (broad SMARTS) is 1. The SMILES string of the molecule is CCN(c1ccc(C(=O)O)c(C)n1)C1CC1. The molecule has 1 heterocycles. The first kappa shape index (κ1) is 10.9. The largest absolute Gasteiger partial charge is 0.478 e. The van der Waals surface area contributed by atoms with Crippen LogP contribution in [0.4, 0.5) is 5.82 Å². The molecule has 86 valence electrons. The van der Waals surface area contributed by atoms with Gasteiger partial charge in [0.1, 0.15) is 5.82 Å². The molecule has 0 aromatic carbocycles. The Balaban J connectivity index is 2.28. The van der Waals surface area contributed by atoms with Crippen molar-refractivity contribution in [1.82, 2.24) is 4.98 Å². The van der Waals surface area contributed by atoms with Crippen LogP contribution >= 0.6 is 0 Å². The van der Waals surface area contributed by atoms with Crippen LogP contribution in [0.3, 0.4) is 0 Å². The number of nitrogens with zero attached hydrogens (tertiary/aromatic N) is 2. The molecule has 1 aromatic heterocycles. The maximum absolute atomic E-state index is 10.9. The first-order valence-corrected chi connectivity index (χ1v) is 5.61. The molecule has 4 heteroatoms. The van der Waals surface area contributed by atoms with Crippen LogP contribution in [0.2, 0.25) is 0 Å². The number of rotatable bonds is 4. The minimum Gasteiger partial charge on any atom is -0.478 e. The fraction of sp³-hybridized carbons (Fsp3) is 0.500. The summed E-state index contributed by atoms with van der Waals surface area (Å²) in [4.78, 5) is 17.5. The Morgan fingerprint density at radius 3 is 2.69 bits per heavy atom. The number of hydrogen-bond acceptors (Lipinski definition) is 3. The first-order valence-electron chi connectivity index (χ1n) is 5.61. The van der Waals surface area contributed by atoms with Gasteiger partial charge in [-0.2, -0.15) is 0 Å². The van der Waals surface area contributed by atoms with Crippen molar-refractivity contribution in [3.8, 4) is 0 Å². The normalized spacial score (nSPS) is 14.9. The molecule has 0 amide bonds. The average Bonchev–Trinajstić information content (AvgIpc) is 3.02. The molecule has 1 aromatic rings. The van der Waals surface area contributed by atoms with Gasteiger partial charge in [-0.25, -0.2) is 9.78 Å². The zero-order chi connectivity index (χ0) is 11.7. The lowest BCUT2D eigenvalue weighted by atomic mass is 10.2. The molecular weight excluding hydrogens is 204 g/mol. The summed E-state index contributed by atoms with van der Waals surface area (Å²) in [5, 5.41) is 8.92. The second kappa shape index (κ2) is 4.12. The van der Waals surface area contributed by atoms with E-state index in [2.05, 4.69) is 16.8 Å². The molecule has 1 fully saturated rings. The third-order valence-electron chi connectivity index (χ3n) is 2.92. The number of anilines is 1. The fourth-order valence-corrected chi connectivity index (χ4v) is 1.93. The Bertz CT molecular complexity index is 413.